The summed E-state index contributed by atoms with van der Waals surface area (Å²) in [6, 6.07) is 15.8. The van der Waals surface area contributed by atoms with Crippen LogP contribution in [0.4, 0.5) is 18.9 Å². The summed E-state index contributed by atoms with van der Waals surface area (Å²) in [5, 5.41) is 3.26. The van der Waals surface area contributed by atoms with Gasteiger partial charge in [0.1, 0.15) is 18.1 Å². The third-order valence-electron chi connectivity index (χ3n) is 6.38. The molecule has 0 saturated carbocycles. The molecule has 0 amide bonds. The fourth-order valence-corrected chi connectivity index (χ4v) is 5.83. The Morgan fingerprint density at radius 3 is 2.42 bits per heavy atom. The van der Waals surface area contributed by atoms with Gasteiger partial charge in [0.05, 0.1) is 37.5 Å². The molecule has 3 aromatic carbocycles. The number of hydrogen-bond acceptors (Lipinski definition) is 6. The lowest BCUT2D eigenvalue weighted by Gasteiger charge is -2.26. The number of nitrogens with one attached hydrogen (secondary N) is 1. The number of rotatable bonds is 13. The Morgan fingerprint density at radius 1 is 0.975 bits per heavy atom. The van der Waals surface area contributed by atoms with Gasteiger partial charge < -0.3 is 19.5 Å². The second-order valence-corrected chi connectivity index (χ2v) is 11.5. The van der Waals surface area contributed by atoms with E-state index in [0.717, 1.165) is 35.0 Å². The fourth-order valence-electron chi connectivity index (χ4n) is 4.32. The van der Waals surface area contributed by atoms with Crippen LogP contribution in [0.3, 0.4) is 0 Å². The predicted octanol–water partition coefficient (Wildman–Crippen LogP) is 5.32. The van der Waals surface area contributed by atoms with Gasteiger partial charge in [0.25, 0.3) is 15.9 Å². The van der Waals surface area contributed by atoms with Crippen molar-refractivity contribution in [2.75, 3.05) is 37.8 Å². The van der Waals surface area contributed by atoms with Gasteiger partial charge in [-0.2, -0.15) is 0 Å². The summed E-state index contributed by atoms with van der Waals surface area (Å²) in [5.74, 6) is -2.89. The van der Waals surface area contributed by atoms with Gasteiger partial charge in [-0.15, -0.1) is 0 Å². The van der Waals surface area contributed by atoms with Gasteiger partial charge in [-0.25, -0.2) is 21.6 Å². The average molecular weight is 579 g/mol. The molecule has 0 radical (unpaired) electrons. The molecule has 0 unspecified atom stereocenters. The molecule has 1 N–H and O–H groups in total. The Labute approximate surface area is 232 Å². The van der Waals surface area contributed by atoms with E-state index in [1.165, 1.54) is 19.2 Å². The van der Waals surface area contributed by atoms with E-state index in [4.69, 9.17) is 14.2 Å². The summed E-state index contributed by atoms with van der Waals surface area (Å²) < 4.78 is 85.7. The minimum absolute atomic E-state index is 0.0642. The number of fused-ring (bicyclic) bond motifs is 1. The van der Waals surface area contributed by atoms with Gasteiger partial charge in [0.15, 0.2) is 5.82 Å². The number of anilines is 1. The van der Waals surface area contributed by atoms with E-state index in [1.807, 2.05) is 0 Å². The number of halogens is 3. The third-order valence-corrected chi connectivity index (χ3v) is 8.14. The second-order valence-electron chi connectivity index (χ2n) is 9.66. The Hall–Kier alpha value is -3.28. The lowest BCUT2D eigenvalue weighted by molar-refractivity contribution is -0.0637. The van der Waals surface area contributed by atoms with Crippen LogP contribution in [0.15, 0.2) is 65.6 Å². The molecule has 216 valence electrons. The SMILES string of the molecule is COc1ccc(CN(c2ccc(OCCCOCC(C)(F)F)cc2F)S(=O)(=O)c2ccc3c(c2)CCNC3)cc1. The Morgan fingerprint density at radius 2 is 1.73 bits per heavy atom. The monoisotopic (exact) mass is 578 g/mol. The molecule has 1 heterocycles. The molecular formula is C29H33F3N2O5S. The van der Waals surface area contributed by atoms with Gasteiger partial charge in [-0.1, -0.05) is 18.2 Å². The molecule has 0 aromatic heterocycles. The summed E-state index contributed by atoms with van der Waals surface area (Å²) in [7, 11) is -2.62. The Balaban J connectivity index is 1.56. The van der Waals surface area contributed by atoms with Crippen molar-refractivity contribution in [3.63, 3.8) is 0 Å². The van der Waals surface area contributed by atoms with Crippen LogP contribution in [0.1, 0.15) is 30.0 Å². The summed E-state index contributed by atoms with van der Waals surface area (Å²) in [6.07, 6.45) is 1.02. The molecule has 40 heavy (non-hydrogen) atoms. The van der Waals surface area contributed by atoms with E-state index in [0.29, 0.717) is 30.7 Å². The van der Waals surface area contributed by atoms with Crippen LogP contribution in [0.5, 0.6) is 11.5 Å². The number of benzene rings is 3. The van der Waals surface area contributed by atoms with Crippen molar-refractivity contribution in [1.82, 2.24) is 5.32 Å². The highest BCUT2D eigenvalue weighted by Gasteiger charge is 2.29. The second kappa shape index (κ2) is 12.9. The van der Waals surface area contributed by atoms with Gasteiger partial charge in [-0.05, 0) is 66.1 Å². The highest BCUT2D eigenvalue weighted by atomic mass is 32.2. The van der Waals surface area contributed by atoms with Crippen molar-refractivity contribution in [3.8, 4) is 11.5 Å². The van der Waals surface area contributed by atoms with Crippen LogP contribution in [-0.4, -0.2) is 47.8 Å². The van der Waals surface area contributed by atoms with Gasteiger partial charge in [0.2, 0.25) is 0 Å². The molecule has 0 spiro atoms. The van der Waals surface area contributed by atoms with Crippen LogP contribution in [0.2, 0.25) is 0 Å². The maximum absolute atomic E-state index is 15.5. The average Bonchev–Trinajstić information content (AvgIpc) is 2.93. The number of ether oxygens (including phenoxy) is 3. The van der Waals surface area contributed by atoms with Crippen molar-refractivity contribution >= 4 is 15.7 Å². The third kappa shape index (κ3) is 7.67. The molecule has 4 rings (SSSR count). The van der Waals surface area contributed by atoms with Crippen LogP contribution < -0.4 is 19.1 Å². The number of nitrogens with zero attached hydrogens (tertiary/aromatic N) is 1. The van der Waals surface area contributed by atoms with Crippen molar-refractivity contribution in [2.24, 2.45) is 0 Å². The Kier molecular flexibility index (Phi) is 9.60. The van der Waals surface area contributed by atoms with Crippen molar-refractivity contribution < 1.29 is 35.8 Å². The summed E-state index contributed by atoms with van der Waals surface area (Å²) in [4.78, 5) is 0.0824. The minimum Gasteiger partial charge on any atom is -0.497 e. The lowest BCUT2D eigenvalue weighted by atomic mass is 10.0. The zero-order chi connectivity index (χ0) is 28.8. The molecule has 3 aromatic rings. The highest BCUT2D eigenvalue weighted by molar-refractivity contribution is 7.92. The summed E-state index contributed by atoms with van der Waals surface area (Å²) >= 11 is 0. The molecule has 0 bridgehead atoms. The summed E-state index contributed by atoms with van der Waals surface area (Å²) in [6.45, 7) is 1.57. The van der Waals surface area contributed by atoms with E-state index in [-0.39, 0.29) is 36.1 Å². The zero-order valence-electron chi connectivity index (χ0n) is 22.5. The van der Waals surface area contributed by atoms with Crippen molar-refractivity contribution in [3.05, 3.63) is 83.2 Å². The number of alkyl halides is 2. The zero-order valence-corrected chi connectivity index (χ0v) is 23.3. The largest absolute Gasteiger partial charge is 0.497 e. The summed E-state index contributed by atoms with van der Waals surface area (Å²) in [5.41, 5.74) is 2.49. The lowest BCUT2D eigenvalue weighted by Crippen LogP contribution is -2.32. The van der Waals surface area contributed by atoms with E-state index in [9.17, 15) is 17.2 Å². The molecule has 0 atom stereocenters. The smallest absolute Gasteiger partial charge is 0.268 e. The molecule has 1 aliphatic heterocycles. The first kappa shape index (κ1) is 29.7. The highest BCUT2D eigenvalue weighted by Crippen LogP contribution is 2.32. The first-order valence-electron chi connectivity index (χ1n) is 12.9. The maximum atomic E-state index is 15.5. The Bertz CT molecular complexity index is 1400. The van der Waals surface area contributed by atoms with Gasteiger partial charge >= 0.3 is 0 Å². The van der Waals surface area contributed by atoms with E-state index in [2.05, 4.69) is 5.32 Å². The minimum atomic E-state index is -4.15. The van der Waals surface area contributed by atoms with E-state index >= 15 is 4.39 Å². The molecule has 7 nitrogen and oxygen atoms in total. The van der Waals surface area contributed by atoms with Crippen LogP contribution in [-0.2, 0) is 34.3 Å². The van der Waals surface area contributed by atoms with Crippen LogP contribution in [0.25, 0.3) is 0 Å². The standard InChI is InChI=1S/C29H33F3N2O5S/c1-29(31,32)20-38-14-3-15-39-25-9-11-28(27(30)17-25)34(19-21-4-7-24(37-2)8-5-21)40(35,36)26-10-6-23-18-33-13-12-22(23)16-26/h4-11,16-17,33H,3,12-15,18-20H2,1-2H3. The quantitative estimate of drug-likeness (QED) is 0.277. The normalized spacial score (nSPS) is 13.5. The molecule has 1 aliphatic rings. The topological polar surface area (TPSA) is 77.1 Å². The molecule has 11 heteroatoms. The molecular weight excluding hydrogens is 545 g/mol. The molecule has 0 saturated heterocycles. The predicted molar refractivity (Wildman–Crippen MR) is 146 cm³/mol. The first-order valence-corrected chi connectivity index (χ1v) is 14.4. The molecule has 0 fully saturated rings. The first-order chi connectivity index (χ1) is 19.1. The van der Waals surface area contributed by atoms with Crippen LogP contribution >= 0.6 is 0 Å². The number of hydrogen-bond donors (Lipinski definition) is 1. The van der Waals surface area contributed by atoms with Crippen molar-refractivity contribution in [1.29, 1.82) is 0 Å². The van der Waals surface area contributed by atoms with Crippen LogP contribution in [0, 0.1) is 5.82 Å². The van der Waals surface area contributed by atoms with Gasteiger partial charge in [0, 0.05) is 26.0 Å². The van der Waals surface area contributed by atoms with E-state index in [1.54, 1.807) is 42.5 Å². The van der Waals surface area contributed by atoms with Gasteiger partial charge in [-0.3, -0.25) is 4.31 Å². The fraction of sp³-hybridized carbons (Fsp3) is 0.379. The molecule has 0 aliphatic carbocycles. The number of sulfonamides is 1. The van der Waals surface area contributed by atoms with Crippen molar-refractivity contribution in [2.45, 2.75) is 43.7 Å². The maximum Gasteiger partial charge on any atom is 0.268 e. The van der Waals surface area contributed by atoms with E-state index < -0.39 is 28.4 Å². The number of methoxy groups -OCH3 is 1.